The zero-order valence-corrected chi connectivity index (χ0v) is 17.3. The molecule has 1 aliphatic rings. The van der Waals surface area contributed by atoms with E-state index in [0.29, 0.717) is 18.0 Å². The number of allylic oxidation sites excluding steroid dienone is 5. The first kappa shape index (κ1) is 19.8. The molecule has 2 heterocycles. The van der Waals surface area contributed by atoms with Crippen molar-refractivity contribution in [3.8, 4) is 0 Å². The van der Waals surface area contributed by atoms with Gasteiger partial charge in [-0.25, -0.2) is 14.8 Å². The number of carbonyl (C=O) groups is 1. The third kappa shape index (κ3) is 3.83. The van der Waals surface area contributed by atoms with E-state index in [1.54, 1.807) is 12.1 Å². The molecule has 1 aromatic carbocycles. The Morgan fingerprint density at radius 3 is 2.63 bits per heavy atom. The number of imidazole rings is 1. The molecule has 1 aliphatic carbocycles. The third-order valence-electron chi connectivity index (χ3n) is 5.45. The van der Waals surface area contributed by atoms with Gasteiger partial charge in [-0.1, -0.05) is 43.0 Å². The zero-order valence-electron chi connectivity index (χ0n) is 17.3. The van der Waals surface area contributed by atoms with Crippen LogP contribution in [-0.4, -0.2) is 25.6 Å². The molecule has 3 aromatic rings. The minimum Gasteiger partial charge on any atom is -0.478 e. The lowest BCUT2D eigenvalue weighted by molar-refractivity contribution is 0.0696. The first-order valence-electron chi connectivity index (χ1n) is 10.2. The van der Waals surface area contributed by atoms with E-state index in [1.165, 1.54) is 12.8 Å². The number of aromatic nitrogens is 3. The second-order valence-corrected chi connectivity index (χ2v) is 7.72. The molecule has 1 fully saturated rings. The molecule has 1 saturated carbocycles. The number of fused-ring (bicyclic) bond motifs is 1. The standard InChI is InChI=1S/C25H25N3O2/c1-4-18(20-7-5-6-8-21(20)25(29)30)10-9-16(2)15-28-23(19-11-12-19)27-22-17(3)13-14-26-24(22)28/h4-10,13-14,19H,2,11-12,15H2,1,3H3,(H,29,30)/b10-9-,18-4+. The van der Waals surface area contributed by atoms with Crippen LogP contribution in [0.5, 0.6) is 0 Å². The summed E-state index contributed by atoms with van der Waals surface area (Å²) < 4.78 is 2.17. The highest BCUT2D eigenvalue weighted by Gasteiger charge is 2.30. The fourth-order valence-electron chi connectivity index (χ4n) is 3.69. The van der Waals surface area contributed by atoms with Crippen LogP contribution in [0, 0.1) is 6.92 Å². The summed E-state index contributed by atoms with van der Waals surface area (Å²) in [5.74, 6) is 0.658. The summed E-state index contributed by atoms with van der Waals surface area (Å²) in [6, 6.07) is 9.02. The molecular weight excluding hydrogens is 374 g/mol. The number of pyridine rings is 1. The highest BCUT2D eigenvalue weighted by molar-refractivity contribution is 5.95. The molecule has 0 amide bonds. The van der Waals surface area contributed by atoms with Gasteiger partial charge in [0, 0.05) is 12.1 Å². The summed E-state index contributed by atoms with van der Waals surface area (Å²) in [4.78, 5) is 21.0. The number of hydrogen-bond donors (Lipinski definition) is 1. The van der Waals surface area contributed by atoms with E-state index in [4.69, 9.17) is 4.98 Å². The monoisotopic (exact) mass is 399 g/mol. The van der Waals surface area contributed by atoms with Gasteiger partial charge in [-0.3, -0.25) is 0 Å². The van der Waals surface area contributed by atoms with Crippen LogP contribution in [0.2, 0.25) is 0 Å². The second kappa shape index (κ2) is 8.11. The van der Waals surface area contributed by atoms with Crippen LogP contribution in [0.3, 0.4) is 0 Å². The van der Waals surface area contributed by atoms with Crippen molar-refractivity contribution < 1.29 is 9.90 Å². The number of hydrogen-bond acceptors (Lipinski definition) is 3. The van der Waals surface area contributed by atoms with E-state index < -0.39 is 5.97 Å². The molecule has 0 aliphatic heterocycles. The number of carboxylic acids is 1. The molecule has 0 bridgehead atoms. The van der Waals surface area contributed by atoms with E-state index in [1.807, 2.05) is 49.5 Å². The van der Waals surface area contributed by atoms with E-state index >= 15 is 0 Å². The van der Waals surface area contributed by atoms with Gasteiger partial charge in [-0.15, -0.1) is 0 Å². The van der Waals surface area contributed by atoms with Gasteiger partial charge < -0.3 is 9.67 Å². The molecule has 2 aromatic heterocycles. The van der Waals surface area contributed by atoms with E-state index in [2.05, 4.69) is 23.1 Å². The van der Waals surface area contributed by atoms with Gasteiger partial charge >= 0.3 is 5.97 Å². The third-order valence-corrected chi connectivity index (χ3v) is 5.45. The van der Waals surface area contributed by atoms with E-state index in [9.17, 15) is 9.90 Å². The summed E-state index contributed by atoms with van der Waals surface area (Å²) in [7, 11) is 0. The maximum absolute atomic E-state index is 11.6. The molecule has 0 atom stereocenters. The predicted molar refractivity (Wildman–Crippen MR) is 120 cm³/mol. The van der Waals surface area contributed by atoms with Crippen LogP contribution in [0.25, 0.3) is 16.7 Å². The first-order valence-corrected chi connectivity index (χ1v) is 10.2. The van der Waals surface area contributed by atoms with Gasteiger partial charge in [0.2, 0.25) is 0 Å². The Hall–Kier alpha value is -3.47. The Kier molecular flexibility index (Phi) is 5.36. The SMILES string of the molecule is C=C(/C=C\C(=C/C)c1ccccc1C(=O)O)Cn1c(C2CC2)nc2c(C)ccnc21. The molecule has 0 radical (unpaired) electrons. The highest BCUT2D eigenvalue weighted by atomic mass is 16.4. The van der Waals surface area contributed by atoms with Crippen LogP contribution in [0.1, 0.15) is 53.0 Å². The Balaban J connectivity index is 1.61. The van der Waals surface area contributed by atoms with Gasteiger partial charge in [-0.05, 0) is 61.1 Å². The molecule has 5 heteroatoms. The van der Waals surface area contributed by atoms with Gasteiger partial charge in [-0.2, -0.15) is 0 Å². The van der Waals surface area contributed by atoms with Crippen molar-refractivity contribution >= 4 is 22.7 Å². The smallest absolute Gasteiger partial charge is 0.336 e. The Morgan fingerprint density at radius 2 is 1.97 bits per heavy atom. The molecule has 4 rings (SSSR count). The van der Waals surface area contributed by atoms with E-state index in [-0.39, 0.29) is 5.56 Å². The maximum atomic E-state index is 11.6. The number of aryl methyl sites for hydroxylation is 1. The van der Waals surface area contributed by atoms with Crippen molar-refractivity contribution in [2.24, 2.45) is 0 Å². The molecule has 0 saturated heterocycles. The molecule has 1 N–H and O–H groups in total. The number of nitrogens with zero attached hydrogens (tertiary/aromatic N) is 3. The van der Waals surface area contributed by atoms with Crippen LogP contribution in [0.15, 0.2) is 66.9 Å². The molecular formula is C25H25N3O2. The van der Waals surface area contributed by atoms with Crippen molar-refractivity contribution in [1.82, 2.24) is 14.5 Å². The number of carboxylic acid groups (broad SMARTS) is 1. The van der Waals surface area contributed by atoms with Crippen LogP contribution < -0.4 is 0 Å². The minimum absolute atomic E-state index is 0.289. The summed E-state index contributed by atoms with van der Waals surface area (Å²) in [6.45, 7) is 8.80. The molecule has 5 nitrogen and oxygen atoms in total. The van der Waals surface area contributed by atoms with Gasteiger partial charge in [0.15, 0.2) is 5.65 Å². The highest BCUT2D eigenvalue weighted by Crippen LogP contribution is 2.41. The van der Waals surface area contributed by atoms with Crippen molar-refractivity contribution in [3.63, 3.8) is 0 Å². The normalized spacial score (nSPS) is 14.5. The summed E-state index contributed by atoms with van der Waals surface area (Å²) in [5, 5.41) is 9.48. The lowest BCUT2D eigenvalue weighted by Crippen LogP contribution is -2.05. The van der Waals surface area contributed by atoms with Crippen molar-refractivity contribution in [3.05, 3.63) is 89.4 Å². The van der Waals surface area contributed by atoms with Gasteiger partial charge in [0.1, 0.15) is 11.3 Å². The topological polar surface area (TPSA) is 68.0 Å². The van der Waals surface area contributed by atoms with Crippen LogP contribution in [-0.2, 0) is 6.54 Å². The van der Waals surface area contributed by atoms with E-state index in [0.717, 1.165) is 33.7 Å². The van der Waals surface area contributed by atoms with Crippen LogP contribution in [0.4, 0.5) is 0 Å². The van der Waals surface area contributed by atoms with Crippen molar-refractivity contribution in [2.45, 2.75) is 39.2 Å². The number of benzene rings is 1. The van der Waals surface area contributed by atoms with Gasteiger partial charge in [0.05, 0.1) is 12.1 Å². The van der Waals surface area contributed by atoms with Crippen LogP contribution >= 0.6 is 0 Å². The molecule has 0 spiro atoms. The fraction of sp³-hybridized carbons (Fsp3) is 0.240. The second-order valence-electron chi connectivity index (χ2n) is 7.72. The summed E-state index contributed by atoms with van der Waals surface area (Å²) >= 11 is 0. The largest absolute Gasteiger partial charge is 0.478 e. The summed E-state index contributed by atoms with van der Waals surface area (Å²) in [6.07, 6.45) is 9.95. The average Bonchev–Trinajstić information content (AvgIpc) is 3.52. The zero-order chi connectivity index (χ0) is 21.3. The molecule has 30 heavy (non-hydrogen) atoms. The Labute approximate surface area is 176 Å². The Morgan fingerprint density at radius 1 is 1.23 bits per heavy atom. The molecule has 0 unspecified atom stereocenters. The van der Waals surface area contributed by atoms with Crippen molar-refractivity contribution in [2.75, 3.05) is 0 Å². The summed E-state index contributed by atoms with van der Waals surface area (Å²) in [5.41, 5.74) is 5.73. The quantitative estimate of drug-likeness (QED) is 0.530. The number of aromatic carboxylic acids is 1. The fourth-order valence-corrected chi connectivity index (χ4v) is 3.69. The average molecular weight is 399 g/mol. The minimum atomic E-state index is -0.933. The molecule has 152 valence electrons. The lowest BCUT2D eigenvalue weighted by Gasteiger charge is -2.09. The predicted octanol–water partition coefficient (Wildman–Crippen LogP) is 5.53. The van der Waals surface area contributed by atoms with Gasteiger partial charge in [0.25, 0.3) is 0 Å². The lowest BCUT2D eigenvalue weighted by atomic mass is 9.98. The number of rotatable bonds is 7. The maximum Gasteiger partial charge on any atom is 0.336 e. The Bertz CT molecular complexity index is 1200. The van der Waals surface area contributed by atoms with Crippen molar-refractivity contribution in [1.29, 1.82) is 0 Å². The first-order chi connectivity index (χ1) is 14.5.